The number of nitrogens with zero attached hydrogens (tertiary/aromatic N) is 2. The van der Waals surface area contributed by atoms with Gasteiger partial charge in [-0.05, 0) is 29.8 Å². The van der Waals surface area contributed by atoms with Gasteiger partial charge >= 0.3 is 0 Å². The van der Waals surface area contributed by atoms with Crippen molar-refractivity contribution < 1.29 is 9.90 Å². The molecule has 0 aliphatic rings. The Balaban J connectivity index is 1.85. The molecule has 0 saturated heterocycles. The van der Waals surface area contributed by atoms with Gasteiger partial charge in [-0.25, -0.2) is 0 Å². The Morgan fingerprint density at radius 2 is 2.00 bits per heavy atom. The molecule has 2 aromatic heterocycles. The normalized spacial score (nSPS) is 10.5. The maximum atomic E-state index is 12.4. The topological polar surface area (TPSA) is 84.2 Å². The Bertz CT molecular complexity index is 1020. The molecule has 0 spiro atoms. The third-order valence-electron chi connectivity index (χ3n) is 3.64. The van der Waals surface area contributed by atoms with Crippen LogP contribution in [0.15, 0.2) is 59.8 Å². The van der Waals surface area contributed by atoms with E-state index in [1.807, 2.05) is 0 Å². The molecule has 0 atom stereocenters. The van der Waals surface area contributed by atoms with Crippen LogP contribution in [0.2, 0.25) is 10.0 Å². The zero-order valence-corrected chi connectivity index (χ0v) is 14.8. The fraction of sp³-hybridized carbons (Fsp3) is 0.0556. The molecule has 26 heavy (non-hydrogen) atoms. The fourth-order valence-corrected chi connectivity index (χ4v) is 2.64. The van der Waals surface area contributed by atoms with E-state index in [0.717, 1.165) is 11.6 Å². The average Bonchev–Trinajstić information content (AvgIpc) is 2.63. The number of benzene rings is 1. The third kappa shape index (κ3) is 3.87. The molecule has 0 aliphatic heterocycles. The summed E-state index contributed by atoms with van der Waals surface area (Å²) in [5.41, 5.74) is 0.717. The van der Waals surface area contributed by atoms with Gasteiger partial charge in [0.05, 0.1) is 27.5 Å². The second-order valence-electron chi connectivity index (χ2n) is 5.42. The highest BCUT2D eigenvalue weighted by Gasteiger charge is 2.15. The van der Waals surface area contributed by atoms with E-state index in [-0.39, 0.29) is 12.1 Å². The molecule has 1 amide bonds. The van der Waals surface area contributed by atoms with Gasteiger partial charge in [-0.3, -0.25) is 19.1 Å². The van der Waals surface area contributed by atoms with Crippen molar-refractivity contribution in [2.24, 2.45) is 0 Å². The minimum Gasteiger partial charge on any atom is -0.507 e. The lowest BCUT2D eigenvalue weighted by Gasteiger charge is -2.11. The summed E-state index contributed by atoms with van der Waals surface area (Å²) in [4.78, 5) is 28.4. The van der Waals surface area contributed by atoms with Crippen LogP contribution < -0.4 is 10.9 Å². The lowest BCUT2D eigenvalue weighted by Crippen LogP contribution is -2.26. The monoisotopic (exact) mass is 389 g/mol. The van der Waals surface area contributed by atoms with Gasteiger partial charge < -0.3 is 10.4 Å². The summed E-state index contributed by atoms with van der Waals surface area (Å²) in [6.45, 7) is 0.182. The van der Waals surface area contributed by atoms with E-state index in [4.69, 9.17) is 23.2 Å². The molecule has 3 rings (SSSR count). The van der Waals surface area contributed by atoms with E-state index in [9.17, 15) is 14.7 Å². The van der Waals surface area contributed by atoms with Crippen molar-refractivity contribution in [2.45, 2.75) is 6.54 Å². The van der Waals surface area contributed by atoms with E-state index in [0.29, 0.717) is 15.7 Å². The Kier molecular flexibility index (Phi) is 5.25. The first-order valence-electron chi connectivity index (χ1n) is 7.54. The Morgan fingerprint density at radius 3 is 2.69 bits per heavy atom. The van der Waals surface area contributed by atoms with E-state index in [1.165, 1.54) is 17.0 Å². The molecule has 0 bridgehead atoms. The number of pyridine rings is 2. The van der Waals surface area contributed by atoms with Gasteiger partial charge in [-0.2, -0.15) is 0 Å². The first-order chi connectivity index (χ1) is 12.5. The lowest BCUT2D eigenvalue weighted by atomic mass is 10.2. The van der Waals surface area contributed by atoms with Crippen molar-refractivity contribution in [3.8, 4) is 11.4 Å². The van der Waals surface area contributed by atoms with E-state index in [2.05, 4.69) is 10.3 Å². The van der Waals surface area contributed by atoms with Gasteiger partial charge in [0, 0.05) is 25.0 Å². The van der Waals surface area contributed by atoms with Crippen LogP contribution >= 0.6 is 23.2 Å². The maximum Gasteiger partial charge on any atom is 0.258 e. The standard InChI is InChI=1S/C18H13Cl2N3O3/c19-14-4-3-11(6-15(14)20)8-22-18(26)13-10-23(17(25)7-16(13)24)12-2-1-5-21-9-12/h1-7,9-10,24H,8H2,(H,22,26). The highest BCUT2D eigenvalue weighted by atomic mass is 35.5. The van der Waals surface area contributed by atoms with Crippen LogP contribution in [0.25, 0.3) is 5.69 Å². The van der Waals surface area contributed by atoms with Gasteiger partial charge in [0.15, 0.2) is 0 Å². The molecule has 6 nitrogen and oxygen atoms in total. The van der Waals surface area contributed by atoms with Crippen molar-refractivity contribution in [2.75, 3.05) is 0 Å². The lowest BCUT2D eigenvalue weighted by molar-refractivity contribution is 0.0947. The van der Waals surface area contributed by atoms with E-state index < -0.39 is 17.2 Å². The SMILES string of the molecule is O=C(NCc1ccc(Cl)c(Cl)c1)c1cn(-c2cccnc2)c(=O)cc1O. The van der Waals surface area contributed by atoms with Gasteiger partial charge in [-0.1, -0.05) is 29.3 Å². The number of amides is 1. The van der Waals surface area contributed by atoms with Crippen LogP contribution in [-0.2, 0) is 6.54 Å². The summed E-state index contributed by atoms with van der Waals surface area (Å²) < 4.78 is 1.24. The number of carbonyl (C=O) groups is 1. The fourth-order valence-electron chi connectivity index (χ4n) is 2.32. The molecular formula is C18H13Cl2N3O3. The molecule has 0 radical (unpaired) electrons. The molecule has 0 fully saturated rings. The van der Waals surface area contributed by atoms with Gasteiger partial charge in [-0.15, -0.1) is 0 Å². The van der Waals surface area contributed by atoms with Crippen molar-refractivity contribution in [1.82, 2.24) is 14.9 Å². The summed E-state index contributed by atoms with van der Waals surface area (Å²) in [5, 5.41) is 13.5. The zero-order valence-electron chi connectivity index (χ0n) is 13.3. The van der Waals surface area contributed by atoms with E-state index in [1.54, 1.807) is 36.5 Å². The number of aromatic nitrogens is 2. The minimum atomic E-state index is -0.536. The van der Waals surface area contributed by atoms with Crippen LogP contribution in [0.5, 0.6) is 5.75 Å². The van der Waals surface area contributed by atoms with Crippen LogP contribution in [0.3, 0.4) is 0 Å². The number of aromatic hydroxyl groups is 1. The van der Waals surface area contributed by atoms with Crippen LogP contribution in [0.4, 0.5) is 0 Å². The maximum absolute atomic E-state index is 12.4. The predicted molar refractivity (Wildman–Crippen MR) is 99.1 cm³/mol. The first-order valence-corrected chi connectivity index (χ1v) is 8.29. The molecule has 0 saturated carbocycles. The molecule has 3 aromatic rings. The number of hydrogen-bond donors (Lipinski definition) is 2. The highest BCUT2D eigenvalue weighted by molar-refractivity contribution is 6.42. The second kappa shape index (κ2) is 7.59. The number of carbonyl (C=O) groups excluding carboxylic acids is 1. The highest BCUT2D eigenvalue weighted by Crippen LogP contribution is 2.22. The average molecular weight is 390 g/mol. The molecule has 0 aliphatic carbocycles. The van der Waals surface area contributed by atoms with Crippen LogP contribution in [0.1, 0.15) is 15.9 Å². The third-order valence-corrected chi connectivity index (χ3v) is 4.38. The van der Waals surface area contributed by atoms with Gasteiger partial charge in [0.1, 0.15) is 5.75 Å². The first kappa shape index (κ1) is 18.0. The van der Waals surface area contributed by atoms with Crippen molar-refractivity contribution >= 4 is 29.1 Å². The van der Waals surface area contributed by atoms with Crippen molar-refractivity contribution in [3.63, 3.8) is 0 Å². The number of rotatable bonds is 4. The number of halogens is 2. The summed E-state index contributed by atoms with van der Waals surface area (Å²) in [6, 6.07) is 9.32. The van der Waals surface area contributed by atoms with Crippen LogP contribution in [0, 0.1) is 0 Å². The van der Waals surface area contributed by atoms with Gasteiger partial charge in [0.2, 0.25) is 0 Å². The number of nitrogens with one attached hydrogen (secondary N) is 1. The molecule has 2 N–H and O–H groups in total. The molecule has 8 heteroatoms. The van der Waals surface area contributed by atoms with Crippen molar-refractivity contribution in [3.05, 3.63) is 86.5 Å². The Labute approximate surface area is 158 Å². The predicted octanol–water partition coefficient (Wildman–Crippen LogP) is 3.17. The van der Waals surface area contributed by atoms with Gasteiger partial charge in [0.25, 0.3) is 11.5 Å². The summed E-state index contributed by atoms with van der Waals surface area (Å²) in [6.07, 6.45) is 4.33. The quantitative estimate of drug-likeness (QED) is 0.717. The smallest absolute Gasteiger partial charge is 0.258 e. The number of hydrogen-bond acceptors (Lipinski definition) is 4. The second-order valence-corrected chi connectivity index (χ2v) is 6.24. The van der Waals surface area contributed by atoms with Crippen molar-refractivity contribution in [1.29, 1.82) is 0 Å². The largest absolute Gasteiger partial charge is 0.507 e. The Hall–Kier alpha value is -2.83. The van der Waals surface area contributed by atoms with Crippen LogP contribution in [-0.4, -0.2) is 20.6 Å². The molecular weight excluding hydrogens is 377 g/mol. The molecule has 1 aromatic carbocycles. The minimum absolute atomic E-state index is 0.0338. The summed E-state index contributed by atoms with van der Waals surface area (Å²) in [7, 11) is 0. The molecule has 0 unspecified atom stereocenters. The summed E-state index contributed by atoms with van der Waals surface area (Å²) in [5.74, 6) is -0.937. The Morgan fingerprint density at radius 1 is 1.19 bits per heavy atom. The molecule has 2 heterocycles. The van der Waals surface area contributed by atoms with E-state index >= 15 is 0 Å². The zero-order chi connectivity index (χ0) is 18.7. The summed E-state index contributed by atoms with van der Waals surface area (Å²) >= 11 is 11.8. The molecule has 132 valence electrons.